The lowest BCUT2D eigenvalue weighted by Gasteiger charge is -2.28. The Hall–Kier alpha value is -3.25. The van der Waals surface area contributed by atoms with Crippen LogP contribution in [0.25, 0.3) is 11.4 Å². The molecule has 1 aliphatic heterocycles. The zero-order chi connectivity index (χ0) is 20.1. The van der Waals surface area contributed by atoms with E-state index in [4.69, 9.17) is 9.72 Å². The maximum atomic E-state index is 12.9. The van der Waals surface area contributed by atoms with Gasteiger partial charge in [-0.25, -0.2) is 9.97 Å². The molecule has 1 amide bonds. The first-order valence-corrected chi connectivity index (χ1v) is 9.80. The number of ether oxygens (including phenoxy) is 1. The van der Waals surface area contributed by atoms with E-state index < -0.39 is 0 Å². The number of aromatic nitrogens is 2. The van der Waals surface area contributed by atoms with Crippen molar-refractivity contribution in [2.75, 3.05) is 31.2 Å². The molecule has 0 aliphatic carbocycles. The van der Waals surface area contributed by atoms with Crippen LogP contribution >= 0.6 is 0 Å². The number of carbonyl (C=O) groups is 1. The van der Waals surface area contributed by atoms with Crippen molar-refractivity contribution in [2.45, 2.75) is 13.5 Å². The average molecular weight is 388 g/mol. The summed E-state index contributed by atoms with van der Waals surface area (Å²) in [6, 6.07) is 19.6. The number of hydrogen-bond donors (Lipinski definition) is 1. The van der Waals surface area contributed by atoms with Gasteiger partial charge in [-0.1, -0.05) is 60.2 Å². The predicted octanol–water partition coefficient (Wildman–Crippen LogP) is 3.22. The minimum Gasteiger partial charge on any atom is -0.378 e. The number of hydrogen-bond acceptors (Lipinski definition) is 5. The highest BCUT2D eigenvalue weighted by atomic mass is 16.5. The van der Waals surface area contributed by atoms with E-state index in [1.807, 2.05) is 55.5 Å². The molecule has 0 unspecified atom stereocenters. The number of anilines is 1. The molecule has 1 saturated heterocycles. The Kier molecular flexibility index (Phi) is 5.81. The fourth-order valence-corrected chi connectivity index (χ4v) is 3.32. The number of carbonyl (C=O) groups excluding carboxylic acids is 1. The van der Waals surface area contributed by atoms with Gasteiger partial charge in [0.15, 0.2) is 5.82 Å². The van der Waals surface area contributed by atoms with Crippen LogP contribution in [0.3, 0.4) is 0 Å². The van der Waals surface area contributed by atoms with Gasteiger partial charge in [-0.05, 0) is 12.5 Å². The third-order valence-electron chi connectivity index (χ3n) is 4.85. The second-order valence-electron chi connectivity index (χ2n) is 7.07. The van der Waals surface area contributed by atoms with Gasteiger partial charge >= 0.3 is 0 Å². The summed E-state index contributed by atoms with van der Waals surface area (Å²) in [6.07, 6.45) is 0. The van der Waals surface area contributed by atoms with E-state index in [-0.39, 0.29) is 5.91 Å². The van der Waals surface area contributed by atoms with Gasteiger partial charge in [0, 0.05) is 31.3 Å². The molecule has 29 heavy (non-hydrogen) atoms. The van der Waals surface area contributed by atoms with Crippen LogP contribution in [-0.4, -0.2) is 42.2 Å². The molecule has 0 saturated carbocycles. The lowest BCUT2D eigenvalue weighted by atomic mass is 10.1. The number of aryl methyl sites for hydroxylation is 1. The Morgan fingerprint density at radius 2 is 1.83 bits per heavy atom. The van der Waals surface area contributed by atoms with Crippen LogP contribution in [-0.2, 0) is 11.3 Å². The minimum absolute atomic E-state index is 0.208. The summed E-state index contributed by atoms with van der Waals surface area (Å²) in [5, 5.41) is 2.98. The Bertz CT molecular complexity index is 985. The maximum Gasteiger partial charge on any atom is 0.270 e. The van der Waals surface area contributed by atoms with Gasteiger partial charge in [0.25, 0.3) is 5.91 Å². The van der Waals surface area contributed by atoms with Crippen LogP contribution in [0.15, 0.2) is 60.7 Å². The predicted molar refractivity (Wildman–Crippen MR) is 113 cm³/mol. The van der Waals surface area contributed by atoms with E-state index in [0.717, 1.165) is 30.0 Å². The topological polar surface area (TPSA) is 67.4 Å². The molecule has 0 spiro atoms. The second kappa shape index (κ2) is 8.84. The van der Waals surface area contributed by atoms with Gasteiger partial charge in [-0.3, -0.25) is 4.79 Å². The summed E-state index contributed by atoms with van der Waals surface area (Å²) in [5.74, 6) is 1.10. The molecule has 2 heterocycles. The van der Waals surface area contributed by atoms with Crippen molar-refractivity contribution >= 4 is 11.7 Å². The maximum absolute atomic E-state index is 12.9. The highest BCUT2D eigenvalue weighted by Gasteiger charge is 2.18. The van der Waals surface area contributed by atoms with Crippen molar-refractivity contribution < 1.29 is 9.53 Å². The van der Waals surface area contributed by atoms with Gasteiger partial charge in [-0.2, -0.15) is 0 Å². The summed E-state index contributed by atoms with van der Waals surface area (Å²) in [7, 11) is 0. The van der Waals surface area contributed by atoms with Crippen LogP contribution in [0.1, 0.15) is 21.6 Å². The summed E-state index contributed by atoms with van der Waals surface area (Å²) >= 11 is 0. The highest BCUT2D eigenvalue weighted by Crippen LogP contribution is 2.21. The normalized spacial score (nSPS) is 13.9. The van der Waals surface area contributed by atoms with Crippen LogP contribution in [0.2, 0.25) is 0 Å². The van der Waals surface area contributed by atoms with Crippen molar-refractivity contribution in [3.63, 3.8) is 0 Å². The number of rotatable bonds is 5. The van der Waals surface area contributed by atoms with Crippen molar-refractivity contribution in [1.29, 1.82) is 0 Å². The first kappa shape index (κ1) is 19.1. The lowest BCUT2D eigenvalue weighted by Crippen LogP contribution is -2.37. The lowest BCUT2D eigenvalue weighted by molar-refractivity contribution is 0.0946. The molecule has 0 bridgehead atoms. The van der Waals surface area contributed by atoms with Crippen LogP contribution in [0.5, 0.6) is 0 Å². The van der Waals surface area contributed by atoms with E-state index in [1.54, 1.807) is 6.07 Å². The molecule has 1 aromatic heterocycles. The quantitative estimate of drug-likeness (QED) is 0.727. The number of amides is 1. The van der Waals surface area contributed by atoms with Crippen LogP contribution in [0, 0.1) is 6.92 Å². The van der Waals surface area contributed by atoms with E-state index >= 15 is 0 Å². The summed E-state index contributed by atoms with van der Waals surface area (Å²) < 4.78 is 5.45. The number of nitrogens with one attached hydrogen (secondary N) is 1. The standard InChI is InChI=1S/C23H24N4O2/c1-17-6-5-7-18(14-17)16-24-23(28)20-15-21(27-10-12-29-13-11-27)26-22(25-20)19-8-3-2-4-9-19/h2-9,14-15H,10-13,16H2,1H3,(H,24,28). The molecule has 0 atom stereocenters. The average Bonchev–Trinajstić information content (AvgIpc) is 2.78. The largest absolute Gasteiger partial charge is 0.378 e. The van der Waals surface area contributed by atoms with Gasteiger partial charge in [0.2, 0.25) is 0 Å². The number of morpholine rings is 1. The Labute approximate surface area is 170 Å². The van der Waals surface area contributed by atoms with E-state index in [9.17, 15) is 4.79 Å². The zero-order valence-corrected chi connectivity index (χ0v) is 16.5. The molecule has 148 valence electrons. The molecule has 6 nitrogen and oxygen atoms in total. The van der Waals surface area contributed by atoms with Gasteiger partial charge < -0.3 is 15.0 Å². The highest BCUT2D eigenvalue weighted by molar-refractivity contribution is 5.93. The molecule has 1 fully saturated rings. The molecule has 2 aromatic carbocycles. The zero-order valence-electron chi connectivity index (χ0n) is 16.5. The van der Waals surface area contributed by atoms with Crippen molar-refractivity contribution in [1.82, 2.24) is 15.3 Å². The monoisotopic (exact) mass is 388 g/mol. The Morgan fingerprint density at radius 3 is 2.59 bits per heavy atom. The van der Waals surface area contributed by atoms with Gasteiger partial charge in [0.05, 0.1) is 13.2 Å². The molecule has 1 N–H and O–H groups in total. The smallest absolute Gasteiger partial charge is 0.270 e. The van der Waals surface area contributed by atoms with Gasteiger partial charge in [0.1, 0.15) is 11.5 Å². The third kappa shape index (κ3) is 4.78. The van der Waals surface area contributed by atoms with Crippen LogP contribution in [0.4, 0.5) is 5.82 Å². The first-order chi connectivity index (χ1) is 14.2. The molecule has 4 rings (SSSR count). The summed E-state index contributed by atoms with van der Waals surface area (Å²) in [6.45, 7) is 5.29. The summed E-state index contributed by atoms with van der Waals surface area (Å²) in [5.41, 5.74) is 3.48. The third-order valence-corrected chi connectivity index (χ3v) is 4.85. The SMILES string of the molecule is Cc1cccc(CNC(=O)c2cc(N3CCOCC3)nc(-c3ccccc3)n2)c1. The van der Waals surface area contributed by atoms with E-state index in [2.05, 4.69) is 21.3 Å². The second-order valence-corrected chi connectivity index (χ2v) is 7.07. The Balaban J connectivity index is 1.61. The molecule has 3 aromatic rings. The first-order valence-electron chi connectivity index (χ1n) is 9.80. The molecule has 0 radical (unpaired) electrons. The van der Waals surface area contributed by atoms with Crippen molar-refractivity contribution in [2.24, 2.45) is 0 Å². The van der Waals surface area contributed by atoms with Crippen molar-refractivity contribution in [3.8, 4) is 11.4 Å². The van der Waals surface area contributed by atoms with Crippen molar-refractivity contribution in [3.05, 3.63) is 77.5 Å². The Morgan fingerprint density at radius 1 is 1.03 bits per heavy atom. The van der Waals surface area contributed by atoms with E-state index in [0.29, 0.717) is 31.3 Å². The van der Waals surface area contributed by atoms with E-state index in [1.165, 1.54) is 5.56 Å². The fourth-order valence-electron chi connectivity index (χ4n) is 3.32. The number of nitrogens with zero attached hydrogens (tertiary/aromatic N) is 3. The molecular formula is C23H24N4O2. The summed E-state index contributed by atoms with van der Waals surface area (Å²) in [4.78, 5) is 24.3. The van der Waals surface area contributed by atoms with Gasteiger partial charge in [-0.15, -0.1) is 0 Å². The molecular weight excluding hydrogens is 364 g/mol. The molecule has 6 heteroatoms. The fraction of sp³-hybridized carbons (Fsp3) is 0.261. The minimum atomic E-state index is -0.208. The number of benzene rings is 2. The molecule has 1 aliphatic rings. The van der Waals surface area contributed by atoms with Crippen LogP contribution < -0.4 is 10.2 Å².